The van der Waals surface area contributed by atoms with Gasteiger partial charge < -0.3 is 0 Å². The third-order valence-corrected chi connectivity index (χ3v) is 7.73. The highest BCUT2D eigenvalue weighted by Crippen LogP contribution is 2.61. The molecule has 0 aliphatic heterocycles. The molecular formula is C13H16S3. The van der Waals surface area contributed by atoms with Crippen LogP contribution in [0.1, 0.15) is 43.4 Å². The Hall–Kier alpha value is 0.270. The number of rotatable bonds is 1. The van der Waals surface area contributed by atoms with E-state index >= 15 is 0 Å². The summed E-state index contributed by atoms with van der Waals surface area (Å²) >= 11 is 9.02. The van der Waals surface area contributed by atoms with Crippen LogP contribution in [0, 0.1) is 20.9 Å². The molecule has 4 saturated carbocycles. The fourth-order valence-corrected chi connectivity index (χ4v) is 7.34. The van der Waals surface area contributed by atoms with E-state index in [9.17, 15) is 0 Å². The van der Waals surface area contributed by atoms with Crippen molar-refractivity contribution in [3.8, 4) is 0 Å². The molecule has 1 aromatic rings. The largest absolute Gasteiger partial charge is 0.143 e. The molecule has 4 aliphatic carbocycles. The van der Waals surface area contributed by atoms with Crippen LogP contribution in [0.15, 0.2) is 5.38 Å². The van der Waals surface area contributed by atoms with Crippen LogP contribution in [0.2, 0.25) is 0 Å². The summed E-state index contributed by atoms with van der Waals surface area (Å²) in [6, 6.07) is 0. The summed E-state index contributed by atoms with van der Waals surface area (Å²) in [5.74, 6) is 3.14. The van der Waals surface area contributed by atoms with Gasteiger partial charge in [-0.05, 0) is 56.3 Å². The van der Waals surface area contributed by atoms with Gasteiger partial charge in [-0.15, -0.1) is 22.7 Å². The van der Waals surface area contributed by atoms with Gasteiger partial charge in [-0.2, -0.15) is 0 Å². The van der Waals surface area contributed by atoms with Crippen molar-refractivity contribution in [1.82, 2.24) is 0 Å². The van der Waals surface area contributed by atoms with Gasteiger partial charge >= 0.3 is 0 Å². The van der Waals surface area contributed by atoms with E-state index in [1.807, 2.05) is 11.3 Å². The lowest BCUT2D eigenvalue weighted by molar-refractivity contribution is -0.00339. The van der Waals surface area contributed by atoms with Gasteiger partial charge in [0.05, 0.1) is 0 Å². The molecule has 0 saturated heterocycles. The van der Waals surface area contributed by atoms with Crippen LogP contribution >= 0.6 is 34.9 Å². The van der Waals surface area contributed by atoms with E-state index < -0.39 is 0 Å². The highest BCUT2D eigenvalue weighted by molar-refractivity contribution is 7.76. The van der Waals surface area contributed by atoms with Gasteiger partial charge in [0.15, 0.2) is 0 Å². The average molecular weight is 268 g/mol. The smallest absolute Gasteiger partial charge is 0.121 e. The topological polar surface area (TPSA) is 0 Å². The van der Waals surface area contributed by atoms with Crippen LogP contribution in [0.4, 0.5) is 0 Å². The van der Waals surface area contributed by atoms with Crippen molar-refractivity contribution < 1.29 is 0 Å². The molecule has 0 N–H and O–H groups in total. The van der Waals surface area contributed by atoms with Gasteiger partial charge in [-0.1, -0.05) is 12.2 Å². The van der Waals surface area contributed by atoms with Gasteiger partial charge in [0.2, 0.25) is 0 Å². The van der Waals surface area contributed by atoms with Crippen molar-refractivity contribution in [3.05, 3.63) is 13.4 Å². The maximum Gasteiger partial charge on any atom is 0.143 e. The molecule has 0 unspecified atom stereocenters. The second-order valence-electron chi connectivity index (χ2n) is 6.15. The fourth-order valence-electron chi connectivity index (χ4n) is 4.89. The van der Waals surface area contributed by atoms with Gasteiger partial charge in [0, 0.05) is 15.7 Å². The highest BCUT2D eigenvalue weighted by atomic mass is 32.2. The normalized spacial score (nSPS) is 45.1. The first-order valence-electron chi connectivity index (χ1n) is 6.33. The summed E-state index contributed by atoms with van der Waals surface area (Å²) in [5.41, 5.74) is 0.576. The van der Waals surface area contributed by atoms with E-state index in [0.29, 0.717) is 5.41 Å². The minimum absolute atomic E-state index is 0.576. The van der Waals surface area contributed by atoms with Crippen LogP contribution in [-0.2, 0) is 5.41 Å². The van der Waals surface area contributed by atoms with Crippen molar-refractivity contribution >= 4 is 34.9 Å². The van der Waals surface area contributed by atoms with Crippen molar-refractivity contribution in [1.29, 1.82) is 0 Å². The van der Waals surface area contributed by atoms with Gasteiger partial charge in [0.1, 0.15) is 3.14 Å². The van der Waals surface area contributed by atoms with Crippen LogP contribution in [0.25, 0.3) is 0 Å². The Morgan fingerprint density at radius 3 is 2.06 bits per heavy atom. The number of hydrogen-bond acceptors (Lipinski definition) is 3. The Morgan fingerprint density at radius 1 is 1.06 bits per heavy atom. The molecule has 86 valence electrons. The summed E-state index contributed by atoms with van der Waals surface area (Å²) in [6.07, 6.45) is 9.03. The molecule has 5 rings (SSSR count). The standard InChI is InChI=1S/C13H16S3/c14-12-15-7-11(16-12)13-4-8-1-9(5-13)3-10(2-8)6-13/h7-10H,1-6H2. The molecule has 4 bridgehead atoms. The lowest BCUT2D eigenvalue weighted by Crippen LogP contribution is -2.48. The number of hydrogen-bond donors (Lipinski definition) is 0. The van der Waals surface area contributed by atoms with Crippen molar-refractivity contribution in [2.24, 2.45) is 17.8 Å². The van der Waals surface area contributed by atoms with E-state index in [1.165, 1.54) is 38.5 Å². The molecule has 0 amide bonds. The molecule has 0 atom stereocenters. The van der Waals surface area contributed by atoms with Gasteiger partial charge in [-0.25, -0.2) is 0 Å². The lowest BCUT2D eigenvalue weighted by Gasteiger charge is -2.56. The fraction of sp³-hybridized carbons (Fsp3) is 0.769. The maximum atomic E-state index is 5.32. The van der Waals surface area contributed by atoms with Crippen LogP contribution in [0.3, 0.4) is 0 Å². The van der Waals surface area contributed by atoms with E-state index in [0.717, 1.165) is 20.9 Å². The first-order chi connectivity index (χ1) is 7.73. The van der Waals surface area contributed by atoms with Gasteiger partial charge in [0.25, 0.3) is 0 Å². The minimum atomic E-state index is 0.576. The molecular weight excluding hydrogens is 252 g/mol. The van der Waals surface area contributed by atoms with E-state index in [2.05, 4.69) is 5.38 Å². The quantitative estimate of drug-likeness (QED) is 0.645. The molecule has 3 heteroatoms. The first kappa shape index (κ1) is 10.2. The van der Waals surface area contributed by atoms with Crippen LogP contribution in [0.5, 0.6) is 0 Å². The first-order valence-corrected chi connectivity index (χ1v) is 8.43. The van der Waals surface area contributed by atoms with Crippen LogP contribution < -0.4 is 0 Å². The summed E-state index contributed by atoms with van der Waals surface area (Å²) in [7, 11) is 0. The third-order valence-electron chi connectivity index (χ3n) is 5.02. The van der Waals surface area contributed by atoms with Crippen molar-refractivity contribution in [2.75, 3.05) is 0 Å². The molecule has 4 fully saturated rings. The predicted molar refractivity (Wildman–Crippen MR) is 72.9 cm³/mol. The molecule has 0 spiro atoms. The highest BCUT2D eigenvalue weighted by Gasteiger charge is 2.52. The molecule has 0 aromatic carbocycles. The third kappa shape index (κ3) is 1.41. The SMILES string of the molecule is S=c1scc(C23CC4CC(CC(C4)C2)C3)s1. The van der Waals surface area contributed by atoms with E-state index in [1.54, 1.807) is 16.2 Å². The zero-order valence-corrected chi connectivity index (χ0v) is 11.7. The molecule has 0 nitrogen and oxygen atoms in total. The van der Waals surface area contributed by atoms with E-state index in [4.69, 9.17) is 12.2 Å². The Morgan fingerprint density at radius 2 is 1.62 bits per heavy atom. The molecule has 0 radical (unpaired) electrons. The zero-order chi connectivity index (χ0) is 10.8. The average Bonchev–Trinajstić information content (AvgIpc) is 2.63. The van der Waals surface area contributed by atoms with Crippen molar-refractivity contribution in [3.63, 3.8) is 0 Å². The second kappa shape index (κ2) is 3.39. The minimum Gasteiger partial charge on any atom is -0.121 e. The predicted octanol–water partition coefficient (Wildman–Crippen LogP) is 5.01. The molecule has 16 heavy (non-hydrogen) atoms. The maximum absolute atomic E-state index is 5.32. The Kier molecular flexibility index (Phi) is 2.17. The van der Waals surface area contributed by atoms with Crippen LogP contribution in [-0.4, -0.2) is 0 Å². The molecule has 4 aliphatic rings. The summed E-state index contributed by atoms with van der Waals surface area (Å²) in [6.45, 7) is 0. The summed E-state index contributed by atoms with van der Waals surface area (Å²) in [4.78, 5) is 1.64. The Labute approximate surface area is 110 Å². The second-order valence-corrected chi connectivity index (χ2v) is 9.27. The van der Waals surface area contributed by atoms with Crippen molar-refractivity contribution in [2.45, 2.75) is 43.9 Å². The van der Waals surface area contributed by atoms with E-state index in [-0.39, 0.29) is 0 Å². The molecule has 1 heterocycles. The zero-order valence-electron chi connectivity index (χ0n) is 9.28. The Balaban J connectivity index is 1.79. The summed E-state index contributed by atoms with van der Waals surface area (Å²) in [5, 5.41) is 2.38. The Bertz CT molecular complexity index is 432. The molecule has 1 aromatic heterocycles. The lowest BCUT2D eigenvalue weighted by atomic mass is 9.49. The monoisotopic (exact) mass is 268 g/mol. The van der Waals surface area contributed by atoms with Gasteiger partial charge in [-0.3, -0.25) is 0 Å². The summed E-state index contributed by atoms with van der Waals surface area (Å²) < 4.78 is 1.13.